The number of benzene rings is 1. The van der Waals surface area contributed by atoms with E-state index in [0.717, 1.165) is 43.9 Å². The maximum Gasteiger partial charge on any atom is 0.291 e. The van der Waals surface area contributed by atoms with Crippen molar-refractivity contribution >= 4 is 29.9 Å². The molecule has 0 saturated heterocycles. The minimum Gasteiger partial charge on any atom is -0.348 e. The van der Waals surface area contributed by atoms with Crippen molar-refractivity contribution in [2.45, 2.75) is 33.1 Å². The van der Waals surface area contributed by atoms with Crippen LogP contribution >= 0.6 is 24.0 Å². The molecule has 2 N–H and O–H groups in total. The number of nitrogens with zero attached hydrogens (tertiary/aromatic N) is 3. The second-order valence-electron chi connectivity index (χ2n) is 5.47. The third kappa shape index (κ3) is 5.99. The number of halogens is 2. The van der Waals surface area contributed by atoms with E-state index in [-0.39, 0.29) is 24.1 Å². The van der Waals surface area contributed by atoms with Gasteiger partial charge in [0.2, 0.25) is 5.82 Å². The Hall–Kier alpha value is -1.63. The number of rotatable bonds is 9. The molecule has 8 heteroatoms. The smallest absolute Gasteiger partial charge is 0.291 e. The van der Waals surface area contributed by atoms with Crippen LogP contribution in [-0.4, -0.2) is 40.3 Å². The van der Waals surface area contributed by atoms with Crippen LogP contribution in [0.4, 0.5) is 0 Å². The molecule has 2 aromatic rings. The monoisotopic (exact) mass is 385 g/mol. The molecule has 1 aromatic carbocycles. The van der Waals surface area contributed by atoms with Crippen LogP contribution in [0.15, 0.2) is 24.3 Å². The van der Waals surface area contributed by atoms with E-state index < -0.39 is 0 Å². The molecule has 1 amide bonds. The summed E-state index contributed by atoms with van der Waals surface area (Å²) >= 11 is 6.25. The van der Waals surface area contributed by atoms with Crippen molar-refractivity contribution in [3.05, 3.63) is 40.9 Å². The molecule has 138 valence electrons. The van der Waals surface area contributed by atoms with E-state index in [1.165, 1.54) is 0 Å². The standard InChI is InChI=1S/C17H24ClN5O.ClH/c1-3-7-15-21-16(17(24)20-12-11-19-10-4-2)22-23(15)14-9-6-5-8-13(14)18;/h5-6,8-9,19H,3-4,7,10-12H2,1-2H3,(H,20,24);1H. The molecule has 0 spiro atoms. The summed E-state index contributed by atoms with van der Waals surface area (Å²) in [5.41, 5.74) is 0.735. The van der Waals surface area contributed by atoms with E-state index >= 15 is 0 Å². The molecular weight excluding hydrogens is 361 g/mol. The second kappa shape index (κ2) is 11.1. The molecule has 0 bridgehead atoms. The lowest BCUT2D eigenvalue weighted by Crippen LogP contribution is -2.32. The lowest BCUT2D eigenvalue weighted by molar-refractivity contribution is 0.0943. The third-order valence-electron chi connectivity index (χ3n) is 3.45. The summed E-state index contributed by atoms with van der Waals surface area (Å²) in [6.07, 6.45) is 2.70. The van der Waals surface area contributed by atoms with E-state index in [0.29, 0.717) is 11.6 Å². The Balaban J connectivity index is 0.00000312. The first-order chi connectivity index (χ1) is 11.7. The molecule has 1 heterocycles. The maximum atomic E-state index is 12.3. The highest BCUT2D eigenvalue weighted by Crippen LogP contribution is 2.21. The predicted octanol–water partition coefficient (Wildman–Crippen LogP) is 3.02. The Morgan fingerprint density at radius 3 is 2.60 bits per heavy atom. The predicted molar refractivity (Wildman–Crippen MR) is 103 cm³/mol. The maximum absolute atomic E-state index is 12.3. The zero-order chi connectivity index (χ0) is 17.4. The zero-order valence-corrected chi connectivity index (χ0v) is 16.2. The third-order valence-corrected chi connectivity index (χ3v) is 3.77. The van der Waals surface area contributed by atoms with Gasteiger partial charge in [-0.2, -0.15) is 0 Å². The Morgan fingerprint density at radius 2 is 1.92 bits per heavy atom. The van der Waals surface area contributed by atoms with Crippen molar-refractivity contribution in [2.24, 2.45) is 0 Å². The fraction of sp³-hybridized carbons (Fsp3) is 0.471. The number of nitrogens with one attached hydrogen (secondary N) is 2. The van der Waals surface area contributed by atoms with Gasteiger partial charge in [0, 0.05) is 19.5 Å². The van der Waals surface area contributed by atoms with Gasteiger partial charge in [0.25, 0.3) is 5.91 Å². The lowest BCUT2D eigenvalue weighted by Gasteiger charge is -2.06. The molecule has 25 heavy (non-hydrogen) atoms. The number of carbonyl (C=O) groups is 1. The Bertz CT molecular complexity index is 675. The van der Waals surface area contributed by atoms with Gasteiger partial charge in [0.05, 0.1) is 10.7 Å². The molecule has 0 radical (unpaired) electrons. The highest BCUT2D eigenvalue weighted by Gasteiger charge is 2.17. The van der Waals surface area contributed by atoms with Gasteiger partial charge in [-0.3, -0.25) is 4.79 Å². The van der Waals surface area contributed by atoms with Gasteiger partial charge < -0.3 is 10.6 Å². The zero-order valence-electron chi connectivity index (χ0n) is 14.6. The largest absolute Gasteiger partial charge is 0.348 e. The van der Waals surface area contributed by atoms with Crippen LogP contribution < -0.4 is 10.6 Å². The summed E-state index contributed by atoms with van der Waals surface area (Å²) < 4.78 is 1.66. The number of carbonyl (C=O) groups excluding carboxylic acids is 1. The summed E-state index contributed by atoms with van der Waals surface area (Å²) in [7, 11) is 0. The molecule has 1 aromatic heterocycles. The van der Waals surface area contributed by atoms with Crippen molar-refractivity contribution in [1.82, 2.24) is 25.4 Å². The summed E-state index contributed by atoms with van der Waals surface area (Å²) in [4.78, 5) is 16.6. The number of para-hydroxylation sites is 1. The van der Waals surface area contributed by atoms with Crippen LogP contribution in [0, 0.1) is 0 Å². The Kier molecular flexibility index (Phi) is 9.49. The molecule has 0 atom stereocenters. The fourth-order valence-corrected chi connectivity index (χ4v) is 2.50. The Labute approximate surface area is 159 Å². The van der Waals surface area contributed by atoms with E-state index in [9.17, 15) is 4.79 Å². The minimum absolute atomic E-state index is 0. The highest BCUT2D eigenvalue weighted by molar-refractivity contribution is 6.32. The Morgan fingerprint density at radius 1 is 1.16 bits per heavy atom. The fourth-order valence-electron chi connectivity index (χ4n) is 2.29. The van der Waals surface area contributed by atoms with Gasteiger partial charge in [0.1, 0.15) is 5.82 Å². The summed E-state index contributed by atoms with van der Waals surface area (Å²) in [5.74, 6) is 0.644. The van der Waals surface area contributed by atoms with Crippen molar-refractivity contribution in [2.75, 3.05) is 19.6 Å². The molecule has 0 unspecified atom stereocenters. The number of aromatic nitrogens is 3. The molecule has 0 fully saturated rings. The van der Waals surface area contributed by atoms with Crippen LogP contribution in [0.3, 0.4) is 0 Å². The summed E-state index contributed by atoms with van der Waals surface area (Å²) in [6, 6.07) is 7.41. The molecule has 2 rings (SSSR count). The average Bonchev–Trinajstić information content (AvgIpc) is 2.99. The van der Waals surface area contributed by atoms with Crippen molar-refractivity contribution in [1.29, 1.82) is 0 Å². The first-order valence-corrected chi connectivity index (χ1v) is 8.74. The van der Waals surface area contributed by atoms with Gasteiger partial charge in [0.15, 0.2) is 0 Å². The molecular formula is C17H25Cl2N5O. The van der Waals surface area contributed by atoms with Gasteiger partial charge in [-0.05, 0) is 31.5 Å². The summed E-state index contributed by atoms with van der Waals surface area (Å²) in [6.45, 7) is 6.38. The number of hydrogen-bond donors (Lipinski definition) is 2. The number of hydrogen-bond acceptors (Lipinski definition) is 4. The van der Waals surface area contributed by atoms with Crippen LogP contribution in [-0.2, 0) is 6.42 Å². The summed E-state index contributed by atoms with van der Waals surface area (Å²) in [5, 5.41) is 11.0. The average molecular weight is 386 g/mol. The quantitative estimate of drug-likeness (QED) is 0.650. The van der Waals surface area contributed by atoms with Crippen molar-refractivity contribution in [3.63, 3.8) is 0 Å². The highest BCUT2D eigenvalue weighted by atomic mass is 35.5. The van der Waals surface area contributed by atoms with Gasteiger partial charge in [-0.15, -0.1) is 17.5 Å². The second-order valence-corrected chi connectivity index (χ2v) is 5.88. The molecule has 6 nitrogen and oxygen atoms in total. The van der Waals surface area contributed by atoms with Crippen LogP contribution in [0.1, 0.15) is 43.1 Å². The SMILES string of the molecule is CCCNCCNC(=O)c1nc(CCC)n(-c2ccccc2Cl)n1.Cl. The van der Waals surface area contributed by atoms with E-state index in [2.05, 4.69) is 34.6 Å². The molecule has 0 saturated carbocycles. The van der Waals surface area contributed by atoms with E-state index in [1.807, 2.05) is 18.2 Å². The van der Waals surface area contributed by atoms with Gasteiger partial charge >= 0.3 is 0 Å². The van der Waals surface area contributed by atoms with Crippen molar-refractivity contribution in [3.8, 4) is 5.69 Å². The first-order valence-electron chi connectivity index (χ1n) is 8.37. The molecule has 0 aliphatic heterocycles. The van der Waals surface area contributed by atoms with Crippen molar-refractivity contribution < 1.29 is 4.79 Å². The van der Waals surface area contributed by atoms with Crippen LogP contribution in [0.25, 0.3) is 5.69 Å². The van der Waals surface area contributed by atoms with Crippen LogP contribution in [0.2, 0.25) is 5.02 Å². The first kappa shape index (κ1) is 21.4. The molecule has 0 aliphatic rings. The molecule has 0 aliphatic carbocycles. The lowest BCUT2D eigenvalue weighted by atomic mass is 10.3. The van der Waals surface area contributed by atoms with E-state index in [4.69, 9.17) is 11.6 Å². The van der Waals surface area contributed by atoms with Gasteiger partial charge in [-0.1, -0.05) is 37.6 Å². The number of aryl methyl sites for hydroxylation is 1. The van der Waals surface area contributed by atoms with Gasteiger partial charge in [-0.25, -0.2) is 9.67 Å². The normalized spacial score (nSPS) is 10.4. The topological polar surface area (TPSA) is 71.8 Å². The van der Waals surface area contributed by atoms with Crippen LogP contribution in [0.5, 0.6) is 0 Å². The van der Waals surface area contributed by atoms with E-state index in [1.54, 1.807) is 10.7 Å². The number of amides is 1. The minimum atomic E-state index is -0.267.